The third kappa shape index (κ3) is 3.98. The number of ketones is 1. The number of Topliss-reactive ketones (excluding diaryl/α,β-unsaturated/α-hetero) is 1. The van der Waals surface area contributed by atoms with Crippen LogP contribution in [-0.2, 0) is 9.59 Å². The Morgan fingerprint density at radius 2 is 1.90 bits per heavy atom. The summed E-state index contributed by atoms with van der Waals surface area (Å²) in [6, 6.07) is 12.0. The number of halogens is 1. The van der Waals surface area contributed by atoms with Crippen LogP contribution in [0.5, 0.6) is 5.75 Å². The van der Waals surface area contributed by atoms with Crippen LogP contribution in [0.1, 0.15) is 37.0 Å². The van der Waals surface area contributed by atoms with Crippen molar-refractivity contribution >= 4 is 40.6 Å². The molecule has 0 bridgehead atoms. The average molecular weight is 413 g/mol. The highest BCUT2D eigenvalue weighted by molar-refractivity contribution is 6.30. The zero-order valence-electron chi connectivity index (χ0n) is 16.2. The van der Waals surface area contributed by atoms with Gasteiger partial charge in [-0.25, -0.2) is 0 Å². The van der Waals surface area contributed by atoms with Crippen LogP contribution in [0.4, 0.5) is 11.4 Å². The van der Waals surface area contributed by atoms with E-state index in [1.807, 2.05) is 13.8 Å². The van der Waals surface area contributed by atoms with Crippen molar-refractivity contribution in [2.75, 3.05) is 16.8 Å². The average Bonchev–Trinajstić information content (AvgIpc) is 3.04. The Bertz CT molecular complexity index is 1000. The fraction of sp³-hybridized carbons (Fsp3) is 0.318. The second-order valence-corrected chi connectivity index (χ2v) is 8.48. The van der Waals surface area contributed by atoms with Gasteiger partial charge in [0.05, 0.1) is 17.9 Å². The Kier molecular flexibility index (Phi) is 4.82. The van der Waals surface area contributed by atoms with Crippen LogP contribution in [0.2, 0.25) is 5.02 Å². The fourth-order valence-electron chi connectivity index (χ4n) is 3.73. The molecule has 1 atom stereocenters. The van der Waals surface area contributed by atoms with E-state index in [1.54, 1.807) is 47.4 Å². The monoisotopic (exact) mass is 412 g/mol. The van der Waals surface area contributed by atoms with E-state index in [4.69, 9.17) is 16.3 Å². The molecule has 1 fully saturated rings. The number of hydrogen-bond donors (Lipinski definition) is 1. The lowest BCUT2D eigenvalue weighted by Crippen LogP contribution is -2.36. The highest BCUT2D eigenvalue weighted by Crippen LogP contribution is 2.35. The number of carbonyl (C=O) groups excluding carboxylic acids is 3. The minimum absolute atomic E-state index is 0.0164. The summed E-state index contributed by atoms with van der Waals surface area (Å²) in [5.74, 6) is -0.324. The van der Waals surface area contributed by atoms with E-state index in [9.17, 15) is 14.4 Å². The summed E-state index contributed by atoms with van der Waals surface area (Å²) in [4.78, 5) is 39.1. The lowest BCUT2D eigenvalue weighted by Gasteiger charge is -2.31. The van der Waals surface area contributed by atoms with Crippen molar-refractivity contribution in [3.05, 3.63) is 53.1 Å². The maximum absolute atomic E-state index is 12.7. The predicted octanol–water partition coefficient (Wildman–Crippen LogP) is 4.08. The lowest BCUT2D eigenvalue weighted by molar-refractivity contribution is -0.122. The number of rotatable bonds is 3. The number of hydrogen-bond acceptors (Lipinski definition) is 4. The Balaban J connectivity index is 1.46. The maximum atomic E-state index is 12.7. The molecule has 2 aromatic rings. The van der Waals surface area contributed by atoms with Gasteiger partial charge >= 0.3 is 0 Å². The molecule has 150 valence electrons. The maximum Gasteiger partial charge on any atom is 0.229 e. The van der Waals surface area contributed by atoms with Gasteiger partial charge in [0.1, 0.15) is 11.4 Å². The highest BCUT2D eigenvalue weighted by Gasteiger charge is 2.36. The first-order valence-corrected chi connectivity index (χ1v) is 9.83. The van der Waals surface area contributed by atoms with Crippen molar-refractivity contribution in [2.24, 2.45) is 5.92 Å². The Morgan fingerprint density at radius 1 is 1.17 bits per heavy atom. The Morgan fingerprint density at radius 3 is 2.62 bits per heavy atom. The third-order valence-corrected chi connectivity index (χ3v) is 5.41. The molecule has 0 spiro atoms. The molecular weight excluding hydrogens is 392 g/mol. The lowest BCUT2D eigenvalue weighted by atomic mass is 9.93. The first-order chi connectivity index (χ1) is 13.7. The van der Waals surface area contributed by atoms with Gasteiger partial charge in [0.2, 0.25) is 11.8 Å². The minimum Gasteiger partial charge on any atom is -0.487 e. The van der Waals surface area contributed by atoms with Crippen molar-refractivity contribution in [3.8, 4) is 5.75 Å². The third-order valence-electron chi connectivity index (χ3n) is 5.15. The largest absolute Gasteiger partial charge is 0.487 e. The van der Waals surface area contributed by atoms with E-state index in [0.29, 0.717) is 34.3 Å². The summed E-state index contributed by atoms with van der Waals surface area (Å²) in [5.41, 5.74) is 1.16. The fourth-order valence-corrected chi connectivity index (χ4v) is 3.85. The van der Waals surface area contributed by atoms with Crippen LogP contribution in [0.3, 0.4) is 0 Å². The summed E-state index contributed by atoms with van der Waals surface area (Å²) >= 11 is 5.90. The van der Waals surface area contributed by atoms with Gasteiger partial charge in [0.15, 0.2) is 5.78 Å². The van der Waals surface area contributed by atoms with Gasteiger partial charge in [0, 0.05) is 29.4 Å². The molecule has 0 radical (unpaired) electrons. The second kappa shape index (κ2) is 7.19. The predicted molar refractivity (Wildman–Crippen MR) is 111 cm³/mol. The van der Waals surface area contributed by atoms with Gasteiger partial charge in [0.25, 0.3) is 0 Å². The minimum atomic E-state index is -0.538. The molecular formula is C22H21ClN2O4. The first-order valence-electron chi connectivity index (χ1n) is 9.45. The molecule has 1 unspecified atom stereocenters. The molecule has 29 heavy (non-hydrogen) atoms. The molecule has 0 saturated carbocycles. The van der Waals surface area contributed by atoms with E-state index in [2.05, 4.69) is 5.32 Å². The van der Waals surface area contributed by atoms with Crippen LogP contribution in [-0.4, -0.2) is 29.7 Å². The topological polar surface area (TPSA) is 75.7 Å². The molecule has 2 aromatic carbocycles. The number of fused-ring (bicyclic) bond motifs is 1. The van der Waals surface area contributed by atoms with Gasteiger partial charge in [-0.1, -0.05) is 11.6 Å². The summed E-state index contributed by atoms with van der Waals surface area (Å²) < 4.78 is 5.84. The Hall–Kier alpha value is -2.86. The summed E-state index contributed by atoms with van der Waals surface area (Å²) in [7, 11) is 0. The quantitative estimate of drug-likeness (QED) is 0.824. The Labute approximate surface area is 173 Å². The normalized spacial score (nSPS) is 20.2. The zero-order valence-corrected chi connectivity index (χ0v) is 17.0. The molecule has 6 nitrogen and oxygen atoms in total. The van der Waals surface area contributed by atoms with Crippen molar-refractivity contribution in [1.29, 1.82) is 0 Å². The first kappa shape index (κ1) is 19.5. The number of carbonyl (C=O) groups is 3. The molecule has 0 aromatic heterocycles. The smallest absolute Gasteiger partial charge is 0.229 e. The van der Waals surface area contributed by atoms with Gasteiger partial charge in [-0.2, -0.15) is 0 Å². The van der Waals surface area contributed by atoms with E-state index in [0.717, 1.165) is 0 Å². The number of benzene rings is 2. The van der Waals surface area contributed by atoms with Crippen LogP contribution in [0.25, 0.3) is 0 Å². The van der Waals surface area contributed by atoms with E-state index in [-0.39, 0.29) is 30.4 Å². The summed E-state index contributed by atoms with van der Waals surface area (Å²) in [6.07, 6.45) is 0.417. The van der Waals surface area contributed by atoms with E-state index in [1.165, 1.54) is 0 Å². The van der Waals surface area contributed by atoms with Crippen molar-refractivity contribution in [3.63, 3.8) is 0 Å². The zero-order chi connectivity index (χ0) is 20.8. The number of anilines is 2. The van der Waals surface area contributed by atoms with Gasteiger partial charge in [-0.3, -0.25) is 14.4 Å². The highest BCUT2D eigenvalue weighted by atomic mass is 35.5. The molecule has 2 heterocycles. The van der Waals surface area contributed by atoms with Crippen LogP contribution >= 0.6 is 11.6 Å². The number of ether oxygens (including phenoxy) is 1. The SMILES string of the molecule is CC1(C)CC(=O)c2cc(NC(=O)C3CC(=O)N(c4ccc(Cl)cc4)C3)ccc2O1. The van der Waals surface area contributed by atoms with Crippen LogP contribution in [0, 0.1) is 5.92 Å². The van der Waals surface area contributed by atoms with Crippen molar-refractivity contribution in [2.45, 2.75) is 32.3 Å². The van der Waals surface area contributed by atoms with E-state index >= 15 is 0 Å². The van der Waals surface area contributed by atoms with Gasteiger partial charge < -0.3 is 15.0 Å². The molecule has 2 amide bonds. The van der Waals surface area contributed by atoms with Crippen molar-refractivity contribution in [1.82, 2.24) is 0 Å². The molecule has 0 aliphatic carbocycles. The van der Waals surface area contributed by atoms with Gasteiger partial charge in [-0.05, 0) is 56.3 Å². The second-order valence-electron chi connectivity index (χ2n) is 8.04. The molecule has 4 rings (SSSR count). The standard InChI is InChI=1S/C22H21ClN2O4/c1-22(2)11-18(26)17-10-15(5-8-19(17)29-22)24-21(28)13-9-20(27)25(12-13)16-6-3-14(23)4-7-16/h3-8,10,13H,9,11-12H2,1-2H3,(H,24,28). The number of nitrogens with one attached hydrogen (secondary N) is 1. The van der Waals surface area contributed by atoms with Crippen molar-refractivity contribution < 1.29 is 19.1 Å². The molecule has 2 aliphatic rings. The number of nitrogens with zero attached hydrogens (tertiary/aromatic N) is 1. The molecule has 1 saturated heterocycles. The van der Waals surface area contributed by atoms with Crippen LogP contribution < -0.4 is 15.0 Å². The van der Waals surface area contributed by atoms with Crippen LogP contribution in [0.15, 0.2) is 42.5 Å². The molecule has 1 N–H and O–H groups in total. The molecule has 2 aliphatic heterocycles. The molecule has 7 heteroatoms. The summed E-state index contributed by atoms with van der Waals surface area (Å²) in [5, 5.41) is 3.42. The number of amides is 2. The van der Waals surface area contributed by atoms with Gasteiger partial charge in [-0.15, -0.1) is 0 Å². The summed E-state index contributed by atoms with van der Waals surface area (Å²) in [6.45, 7) is 4.04. The van der Waals surface area contributed by atoms with E-state index < -0.39 is 11.5 Å².